The van der Waals surface area contributed by atoms with E-state index in [4.69, 9.17) is 5.14 Å². The Morgan fingerprint density at radius 2 is 1.92 bits per heavy atom. The number of hydrogen-bond donors (Lipinski definition) is 2. The zero-order chi connectivity index (χ0) is 18.4. The number of aliphatic hydroxyl groups is 1. The second-order valence-electron chi connectivity index (χ2n) is 6.24. The van der Waals surface area contributed by atoms with Gasteiger partial charge in [0.2, 0.25) is 10.0 Å². The molecule has 0 saturated carbocycles. The van der Waals surface area contributed by atoms with Crippen LogP contribution in [-0.2, 0) is 10.0 Å². The molecule has 4 nitrogen and oxygen atoms in total. The molecule has 1 aromatic carbocycles. The van der Waals surface area contributed by atoms with Crippen LogP contribution in [0.2, 0.25) is 0 Å². The van der Waals surface area contributed by atoms with E-state index in [9.17, 15) is 13.5 Å². The van der Waals surface area contributed by atoms with E-state index in [0.717, 1.165) is 23.3 Å². The maximum absolute atomic E-state index is 11.8. The lowest BCUT2D eigenvalue weighted by Gasteiger charge is -2.28. The van der Waals surface area contributed by atoms with E-state index < -0.39 is 16.1 Å². The lowest BCUT2D eigenvalue weighted by molar-refractivity contribution is 0.119. The molecule has 25 heavy (non-hydrogen) atoms. The molecule has 0 bridgehead atoms. The zero-order valence-corrected chi connectivity index (χ0v) is 16.1. The second kappa shape index (κ2) is 8.76. The van der Waals surface area contributed by atoms with Crippen LogP contribution in [0.4, 0.5) is 0 Å². The van der Waals surface area contributed by atoms with Crippen LogP contribution in [0, 0.1) is 5.92 Å². The number of sulfonamides is 1. The van der Waals surface area contributed by atoms with Crippen molar-refractivity contribution in [1.82, 2.24) is 0 Å². The molecule has 0 fully saturated rings. The fourth-order valence-corrected chi connectivity index (χ4v) is 4.90. The summed E-state index contributed by atoms with van der Waals surface area (Å²) in [6.07, 6.45) is 4.50. The summed E-state index contributed by atoms with van der Waals surface area (Å²) in [6.45, 7) is 4.06. The number of primary sulfonamides is 1. The van der Waals surface area contributed by atoms with Crippen molar-refractivity contribution in [2.45, 2.75) is 42.9 Å². The largest absolute Gasteiger partial charge is 0.392 e. The highest BCUT2D eigenvalue weighted by Crippen LogP contribution is 2.37. The summed E-state index contributed by atoms with van der Waals surface area (Å²) in [5.41, 5.74) is 1.69. The van der Waals surface area contributed by atoms with Gasteiger partial charge in [-0.15, -0.1) is 11.3 Å². The van der Waals surface area contributed by atoms with Crippen LogP contribution in [-0.4, -0.2) is 19.6 Å². The minimum atomic E-state index is -3.78. The Morgan fingerprint density at radius 1 is 1.24 bits per heavy atom. The Balaban J connectivity index is 2.23. The minimum Gasteiger partial charge on any atom is -0.392 e. The van der Waals surface area contributed by atoms with Crippen LogP contribution in [0.15, 0.2) is 52.1 Å². The van der Waals surface area contributed by atoms with Gasteiger partial charge in [0.05, 0.1) is 6.10 Å². The van der Waals surface area contributed by atoms with E-state index in [1.165, 1.54) is 0 Å². The Kier molecular flexibility index (Phi) is 6.95. The quantitative estimate of drug-likeness (QED) is 0.728. The lowest BCUT2D eigenvalue weighted by atomic mass is 9.81. The first-order valence-corrected chi connectivity index (χ1v) is 10.8. The topological polar surface area (TPSA) is 80.4 Å². The Hall–Kier alpha value is -1.47. The third-order valence-corrected chi connectivity index (χ3v) is 6.89. The fourth-order valence-electron chi connectivity index (χ4n) is 2.98. The van der Waals surface area contributed by atoms with Crippen LogP contribution in [0.1, 0.15) is 43.7 Å². The van der Waals surface area contributed by atoms with Gasteiger partial charge in [-0.2, -0.15) is 0 Å². The molecule has 0 aliphatic heterocycles. The second-order valence-corrected chi connectivity index (χ2v) is 8.91. The molecule has 3 atom stereocenters. The van der Waals surface area contributed by atoms with E-state index in [-0.39, 0.29) is 16.0 Å². The first-order chi connectivity index (χ1) is 11.8. The molecule has 136 valence electrons. The summed E-state index contributed by atoms with van der Waals surface area (Å²) >= 11 is 1.11. The molecule has 0 saturated heterocycles. The molecule has 0 spiro atoms. The third-order valence-electron chi connectivity index (χ3n) is 4.43. The molecule has 0 aliphatic rings. The molecule has 6 heteroatoms. The van der Waals surface area contributed by atoms with Gasteiger partial charge in [-0.05, 0) is 34.9 Å². The predicted octanol–water partition coefficient (Wildman–Crippen LogP) is 3.99. The average molecular weight is 380 g/mol. The van der Waals surface area contributed by atoms with Crippen molar-refractivity contribution >= 4 is 27.4 Å². The van der Waals surface area contributed by atoms with Gasteiger partial charge in [-0.25, -0.2) is 13.6 Å². The normalized spacial score (nSPS) is 16.0. The summed E-state index contributed by atoms with van der Waals surface area (Å²) in [4.78, 5) is 0. The Labute approximate surface area is 154 Å². The molecule has 2 aromatic rings. The number of nitrogens with two attached hydrogens (primary N) is 1. The highest BCUT2D eigenvalue weighted by atomic mass is 32.2. The molecule has 1 heterocycles. The molecular weight excluding hydrogens is 354 g/mol. The van der Waals surface area contributed by atoms with Crippen LogP contribution in [0.25, 0.3) is 6.08 Å². The summed E-state index contributed by atoms with van der Waals surface area (Å²) in [7, 11) is -3.78. The maximum Gasteiger partial charge on any atom is 0.247 e. The van der Waals surface area contributed by atoms with E-state index >= 15 is 0 Å². The third kappa shape index (κ3) is 5.25. The van der Waals surface area contributed by atoms with Gasteiger partial charge in [-0.3, -0.25) is 0 Å². The number of aliphatic hydroxyl groups excluding tert-OH is 1. The standard InChI is InChI=1S/C19H25NO3S2/c1-3-14(2)18(16-12-13-24-19(16)25(20,22)23)17(21)11-7-10-15-8-5-4-6-9-15/h4-10,12-14,17-18,21H,3,11H2,1-2H3,(H2,20,22,23)/b10-7+/t14-,17?,18-/m0/s1. The average Bonchev–Trinajstić information content (AvgIpc) is 3.05. The fraction of sp³-hybridized carbons (Fsp3) is 0.368. The summed E-state index contributed by atoms with van der Waals surface area (Å²) < 4.78 is 23.8. The zero-order valence-electron chi connectivity index (χ0n) is 14.5. The van der Waals surface area contributed by atoms with Gasteiger partial charge in [0, 0.05) is 5.92 Å². The molecule has 3 N–H and O–H groups in total. The van der Waals surface area contributed by atoms with Crippen molar-refractivity contribution in [2.24, 2.45) is 11.1 Å². The number of rotatable bonds is 8. The molecule has 1 unspecified atom stereocenters. The van der Waals surface area contributed by atoms with E-state index in [0.29, 0.717) is 12.0 Å². The van der Waals surface area contributed by atoms with Gasteiger partial charge < -0.3 is 5.11 Å². The smallest absolute Gasteiger partial charge is 0.247 e. The Bertz CT molecular complexity index is 797. The van der Waals surface area contributed by atoms with E-state index in [1.54, 1.807) is 11.4 Å². The molecular formula is C19H25NO3S2. The first-order valence-electron chi connectivity index (χ1n) is 8.34. The van der Waals surface area contributed by atoms with Crippen molar-refractivity contribution in [2.75, 3.05) is 0 Å². The van der Waals surface area contributed by atoms with Crippen molar-refractivity contribution < 1.29 is 13.5 Å². The van der Waals surface area contributed by atoms with Crippen LogP contribution < -0.4 is 5.14 Å². The van der Waals surface area contributed by atoms with Gasteiger partial charge in [0.15, 0.2) is 0 Å². The van der Waals surface area contributed by atoms with Crippen LogP contribution >= 0.6 is 11.3 Å². The Morgan fingerprint density at radius 3 is 2.52 bits per heavy atom. The lowest BCUT2D eigenvalue weighted by Crippen LogP contribution is -2.26. The van der Waals surface area contributed by atoms with Crippen LogP contribution in [0.3, 0.4) is 0 Å². The minimum absolute atomic E-state index is 0.134. The van der Waals surface area contributed by atoms with Crippen LogP contribution in [0.5, 0.6) is 0 Å². The van der Waals surface area contributed by atoms with Crippen molar-refractivity contribution in [3.05, 3.63) is 59.0 Å². The molecule has 0 radical (unpaired) electrons. The van der Waals surface area contributed by atoms with E-state index in [1.807, 2.05) is 56.3 Å². The summed E-state index contributed by atoms with van der Waals surface area (Å²) in [5.74, 6) is -0.139. The van der Waals surface area contributed by atoms with Crippen molar-refractivity contribution in [3.8, 4) is 0 Å². The summed E-state index contributed by atoms with van der Waals surface area (Å²) in [5, 5.41) is 17.8. The van der Waals surface area contributed by atoms with Gasteiger partial charge >= 0.3 is 0 Å². The van der Waals surface area contributed by atoms with Gasteiger partial charge in [0.25, 0.3) is 0 Å². The SMILES string of the molecule is CC[C@H](C)[C@@H](c1ccsc1S(N)(=O)=O)C(O)C/C=C/c1ccccc1. The van der Waals surface area contributed by atoms with Gasteiger partial charge in [0.1, 0.15) is 4.21 Å². The van der Waals surface area contributed by atoms with Crippen molar-refractivity contribution in [3.63, 3.8) is 0 Å². The van der Waals surface area contributed by atoms with E-state index in [2.05, 4.69) is 0 Å². The monoisotopic (exact) mass is 379 g/mol. The molecule has 2 rings (SSSR count). The predicted molar refractivity (Wildman–Crippen MR) is 104 cm³/mol. The number of benzene rings is 1. The number of hydrogen-bond acceptors (Lipinski definition) is 4. The summed E-state index contributed by atoms with van der Waals surface area (Å²) in [6, 6.07) is 11.6. The highest BCUT2D eigenvalue weighted by molar-refractivity contribution is 7.91. The highest BCUT2D eigenvalue weighted by Gasteiger charge is 2.31. The first kappa shape index (κ1) is 19.8. The van der Waals surface area contributed by atoms with Crippen molar-refractivity contribution in [1.29, 1.82) is 0 Å². The van der Waals surface area contributed by atoms with Gasteiger partial charge in [-0.1, -0.05) is 62.8 Å². The molecule has 0 aliphatic carbocycles. The maximum atomic E-state index is 11.8. The number of thiophene rings is 1. The molecule has 1 aromatic heterocycles. The molecule has 0 amide bonds.